The van der Waals surface area contributed by atoms with Gasteiger partial charge in [-0.25, -0.2) is 13.8 Å². The van der Waals surface area contributed by atoms with E-state index in [0.717, 1.165) is 31.4 Å². The average molecular weight is 294 g/mol. The van der Waals surface area contributed by atoms with Crippen molar-refractivity contribution in [3.8, 4) is 0 Å². The normalized spacial score (nSPS) is 12.6. The number of aryl methyl sites for hydroxylation is 1. The van der Waals surface area contributed by atoms with E-state index in [9.17, 15) is 8.78 Å². The third-order valence-electron chi connectivity index (χ3n) is 3.31. The molecule has 0 bridgehead atoms. The van der Waals surface area contributed by atoms with Crippen LogP contribution in [0.1, 0.15) is 37.7 Å². The summed E-state index contributed by atoms with van der Waals surface area (Å²) >= 11 is 0. The summed E-state index contributed by atoms with van der Waals surface area (Å²) in [6.07, 6.45) is 3.07. The number of halogens is 2. The molecule has 1 atom stereocenters. The van der Waals surface area contributed by atoms with E-state index in [-0.39, 0.29) is 6.04 Å². The minimum Gasteiger partial charge on any atom is -0.310 e. The van der Waals surface area contributed by atoms with Crippen LogP contribution in [0.5, 0.6) is 0 Å². The standard InChI is InChI=1S/C15H20F2N4/c1-3-7-21-15(19-10-20-21)9-14(18-4-2)11-5-6-12(16)13(17)8-11/h5-6,8,10,14,18H,3-4,7,9H2,1-2H3. The van der Waals surface area contributed by atoms with Crippen LogP contribution in [0.25, 0.3) is 0 Å². The van der Waals surface area contributed by atoms with Crippen molar-refractivity contribution in [3.63, 3.8) is 0 Å². The van der Waals surface area contributed by atoms with Crippen LogP contribution in [-0.4, -0.2) is 21.3 Å². The van der Waals surface area contributed by atoms with E-state index < -0.39 is 11.6 Å². The van der Waals surface area contributed by atoms with Crippen LogP contribution >= 0.6 is 0 Å². The second-order valence-corrected chi connectivity index (χ2v) is 4.89. The number of benzene rings is 1. The summed E-state index contributed by atoms with van der Waals surface area (Å²) in [5.41, 5.74) is 0.710. The summed E-state index contributed by atoms with van der Waals surface area (Å²) in [5.74, 6) is -0.818. The molecule has 0 amide bonds. The number of likely N-dealkylation sites (N-methyl/N-ethyl adjacent to an activating group) is 1. The molecule has 1 N–H and O–H groups in total. The van der Waals surface area contributed by atoms with Crippen LogP contribution in [0.3, 0.4) is 0 Å². The van der Waals surface area contributed by atoms with E-state index in [1.807, 2.05) is 11.6 Å². The number of rotatable bonds is 7. The lowest BCUT2D eigenvalue weighted by molar-refractivity contribution is 0.483. The Morgan fingerprint density at radius 3 is 2.71 bits per heavy atom. The highest BCUT2D eigenvalue weighted by atomic mass is 19.2. The average Bonchev–Trinajstić information content (AvgIpc) is 2.89. The summed E-state index contributed by atoms with van der Waals surface area (Å²) in [4.78, 5) is 4.27. The third kappa shape index (κ3) is 3.85. The van der Waals surface area contributed by atoms with Gasteiger partial charge in [0.2, 0.25) is 0 Å². The van der Waals surface area contributed by atoms with Gasteiger partial charge in [0, 0.05) is 19.0 Å². The van der Waals surface area contributed by atoms with Crippen molar-refractivity contribution in [2.45, 2.75) is 39.3 Å². The molecule has 114 valence electrons. The molecule has 0 aliphatic carbocycles. The van der Waals surface area contributed by atoms with Crippen LogP contribution in [0.2, 0.25) is 0 Å². The summed E-state index contributed by atoms with van der Waals surface area (Å²) in [7, 11) is 0. The van der Waals surface area contributed by atoms with E-state index in [0.29, 0.717) is 12.0 Å². The fourth-order valence-electron chi connectivity index (χ4n) is 2.31. The van der Waals surface area contributed by atoms with Crippen molar-refractivity contribution in [2.24, 2.45) is 0 Å². The highest BCUT2D eigenvalue weighted by molar-refractivity contribution is 5.22. The van der Waals surface area contributed by atoms with Crippen LogP contribution in [0.4, 0.5) is 8.78 Å². The number of nitrogens with one attached hydrogen (secondary N) is 1. The molecule has 0 saturated heterocycles. The Bertz CT molecular complexity index is 583. The molecule has 0 fully saturated rings. The molecule has 1 aromatic carbocycles. The highest BCUT2D eigenvalue weighted by Crippen LogP contribution is 2.20. The molecule has 0 radical (unpaired) electrons. The van der Waals surface area contributed by atoms with E-state index >= 15 is 0 Å². The maximum atomic E-state index is 13.4. The Labute approximate surface area is 123 Å². The topological polar surface area (TPSA) is 42.7 Å². The van der Waals surface area contributed by atoms with Gasteiger partial charge < -0.3 is 5.32 Å². The number of hydrogen-bond acceptors (Lipinski definition) is 3. The van der Waals surface area contributed by atoms with Crippen LogP contribution in [-0.2, 0) is 13.0 Å². The first-order chi connectivity index (χ1) is 10.2. The maximum absolute atomic E-state index is 13.4. The van der Waals surface area contributed by atoms with E-state index in [1.165, 1.54) is 12.4 Å². The van der Waals surface area contributed by atoms with Crippen molar-refractivity contribution in [1.29, 1.82) is 0 Å². The first-order valence-corrected chi connectivity index (χ1v) is 7.20. The minimum absolute atomic E-state index is 0.120. The van der Waals surface area contributed by atoms with Crippen LogP contribution < -0.4 is 5.32 Å². The molecule has 0 saturated carbocycles. The van der Waals surface area contributed by atoms with Gasteiger partial charge in [-0.15, -0.1) is 0 Å². The highest BCUT2D eigenvalue weighted by Gasteiger charge is 2.16. The number of nitrogens with zero attached hydrogens (tertiary/aromatic N) is 3. The third-order valence-corrected chi connectivity index (χ3v) is 3.31. The predicted octanol–water partition coefficient (Wildman–Crippen LogP) is 2.86. The van der Waals surface area contributed by atoms with Gasteiger partial charge in [0.05, 0.1) is 0 Å². The van der Waals surface area contributed by atoms with Gasteiger partial charge >= 0.3 is 0 Å². The maximum Gasteiger partial charge on any atom is 0.159 e. The molecular formula is C15H20F2N4. The Kier molecular flexibility index (Phi) is 5.38. The fourth-order valence-corrected chi connectivity index (χ4v) is 2.31. The fraction of sp³-hybridized carbons (Fsp3) is 0.467. The molecule has 1 heterocycles. The van der Waals surface area contributed by atoms with Gasteiger partial charge in [0.15, 0.2) is 11.6 Å². The molecule has 0 aliphatic rings. The molecule has 21 heavy (non-hydrogen) atoms. The van der Waals surface area contributed by atoms with E-state index in [4.69, 9.17) is 0 Å². The Morgan fingerprint density at radius 1 is 1.24 bits per heavy atom. The number of aromatic nitrogens is 3. The zero-order valence-corrected chi connectivity index (χ0v) is 12.3. The summed E-state index contributed by atoms with van der Waals surface area (Å²) in [6.45, 7) is 5.57. The van der Waals surface area contributed by atoms with Crippen molar-refractivity contribution in [2.75, 3.05) is 6.54 Å². The zero-order chi connectivity index (χ0) is 15.2. The van der Waals surface area contributed by atoms with Gasteiger partial charge in [-0.2, -0.15) is 5.10 Å². The lowest BCUT2D eigenvalue weighted by Gasteiger charge is -2.18. The molecule has 0 spiro atoms. The lowest BCUT2D eigenvalue weighted by Crippen LogP contribution is -2.24. The second-order valence-electron chi connectivity index (χ2n) is 4.89. The lowest BCUT2D eigenvalue weighted by atomic mass is 10.0. The van der Waals surface area contributed by atoms with Gasteiger partial charge in [-0.1, -0.05) is 19.9 Å². The molecule has 2 aromatic rings. The number of hydrogen-bond donors (Lipinski definition) is 1. The minimum atomic E-state index is -0.830. The van der Waals surface area contributed by atoms with Gasteiger partial charge in [-0.05, 0) is 30.7 Å². The monoisotopic (exact) mass is 294 g/mol. The first-order valence-electron chi connectivity index (χ1n) is 7.20. The van der Waals surface area contributed by atoms with Crippen molar-refractivity contribution < 1.29 is 8.78 Å². The van der Waals surface area contributed by atoms with Gasteiger partial charge in [-0.3, -0.25) is 4.68 Å². The zero-order valence-electron chi connectivity index (χ0n) is 12.3. The Balaban J connectivity index is 2.22. The van der Waals surface area contributed by atoms with Gasteiger partial charge in [0.1, 0.15) is 12.2 Å². The molecule has 6 heteroatoms. The van der Waals surface area contributed by atoms with Crippen LogP contribution in [0.15, 0.2) is 24.5 Å². The van der Waals surface area contributed by atoms with E-state index in [1.54, 1.807) is 6.07 Å². The molecule has 1 unspecified atom stereocenters. The van der Waals surface area contributed by atoms with Crippen molar-refractivity contribution >= 4 is 0 Å². The molecular weight excluding hydrogens is 274 g/mol. The van der Waals surface area contributed by atoms with Crippen LogP contribution in [0, 0.1) is 11.6 Å². The largest absolute Gasteiger partial charge is 0.310 e. The summed E-state index contributed by atoms with van der Waals surface area (Å²) < 4.78 is 28.3. The smallest absolute Gasteiger partial charge is 0.159 e. The summed E-state index contributed by atoms with van der Waals surface area (Å²) in [6, 6.07) is 3.88. The summed E-state index contributed by atoms with van der Waals surface area (Å²) in [5, 5.41) is 7.47. The van der Waals surface area contributed by atoms with Crippen molar-refractivity contribution in [1.82, 2.24) is 20.1 Å². The molecule has 1 aromatic heterocycles. The molecule has 4 nitrogen and oxygen atoms in total. The Morgan fingerprint density at radius 2 is 2.05 bits per heavy atom. The molecule has 0 aliphatic heterocycles. The molecule has 2 rings (SSSR count). The van der Waals surface area contributed by atoms with Gasteiger partial charge in [0.25, 0.3) is 0 Å². The second kappa shape index (κ2) is 7.26. The van der Waals surface area contributed by atoms with Crippen molar-refractivity contribution in [3.05, 3.63) is 47.5 Å². The Hall–Kier alpha value is -1.82. The first kappa shape index (κ1) is 15.6. The van der Waals surface area contributed by atoms with E-state index in [2.05, 4.69) is 22.3 Å². The SMILES string of the molecule is CCCn1ncnc1CC(NCC)c1ccc(F)c(F)c1. The quantitative estimate of drug-likeness (QED) is 0.854. The predicted molar refractivity (Wildman–Crippen MR) is 76.8 cm³/mol.